The van der Waals surface area contributed by atoms with Crippen LogP contribution in [-0.4, -0.2) is 22.8 Å². The minimum Gasteiger partial charge on any atom is -0.281 e. The number of rotatable bonds is 1. The van der Waals surface area contributed by atoms with Gasteiger partial charge in [-0.1, -0.05) is 0 Å². The second-order valence-electron chi connectivity index (χ2n) is 1.80. The van der Waals surface area contributed by atoms with Crippen LogP contribution < -0.4 is 0 Å². The summed E-state index contributed by atoms with van der Waals surface area (Å²) in [5.74, 6) is 0. The smallest absolute Gasteiger partial charge is 0.281 e. The van der Waals surface area contributed by atoms with E-state index in [0.717, 1.165) is 0 Å². The van der Waals surface area contributed by atoms with Crippen LogP contribution in [0.5, 0.6) is 0 Å². The summed E-state index contributed by atoms with van der Waals surface area (Å²) in [4.78, 5) is 0. The average molecular weight is 162 g/mol. The van der Waals surface area contributed by atoms with E-state index >= 15 is 0 Å². The topological polar surface area (TPSA) is 72.2 Å². The van der Waals surface area contributed by atoms with Crippen molar-refractivity contribution in [2.24, 2.45) is 7.05 Å². The van der Waals surface area contributed by atoms with Gasteiger partial charge in [0.05, 0.1) is 0 Å². The van der Waals surface area contributed by atoms with E-state index in [4.69, 9.17) is 4.55 Å². The van der Waals surface area contributed by atoms with Gasteiger partial charge >= 0.3 is 10.1 Å². The molecule has 1 N–H and O–H groups in total. The molecule has 5 nitrogen and oxygen atoms in total. The van der Waals surface area contributed by atoms with Crippen molar-refractivity contribution in [1.29, 1.82) is 0 Å². The molecule has 0 spiro atoms. The zero-order chi connectivity index (χ0) is 7.78. The Bertz CT molecular complexity index is 326. The normalized spacial score (nSPS) is 11.8. The van der Waals surface area contributed by atoms with E-state index < -0.39 is 10.1 Å². The molecule has 6 heteroatoms. The molecule has 0 saturated carbocycles. The summed E-state index contributed by atoms with van der Waals surface area (Å²) >= 11 is 0. The summed E-state index contributed by atoms with van der Waals surface area (Å²) in [6.07, 6.45) is 1.43. The van der Waals surface area contributed by atoms with Gasteiger partial charge in [0, 0.05) is 13.2 Å². The third-order valence-corrected chi connectivity index (χ3v) is 1.70. The van der Waals surface area contributed by atoms with Crippen molar-refractivity contribution in [3.63, 3.8) is 0 Å². The largest absolute Gasteiger partial charge is 0.313 e. The highest BCUT2D eigenvalue weighted by molar-refractivity contribution is 7.85. The molecule has 56 valence electrons. The summed E-state index contributed by atoms with van der Waals surface area (Å²) in [5, 5.41) is 3.14. The summed E-state index contributed by atoms with van der Waals surface area (Å²) in [5.41, 5.74) is 0. The highest BCUT2D eigenvalue weighted by atomic mass is 32.2. The molecule has 0 atom stereocenters. The van der Waals surface area contributed by atoms with Crippen LogP contribution in [0.15, 0.2) is 17.3 Å². The Kier molecular flexibility index (Phi) is 1.49. The van der Waals surface area contributed by atoms with Gasteiger partial charge in [0.15, 0.2) is 0 Å². The van der Waals surface area contributed by atoms with Crippen molar-refractivity contribution in [1.82, 2.24) is 9.78 Å². The Morgan fingerprint density at radius 2 is 2.30 bits per heavy atom. The maximum absolute atomic E-state index is 10.3. The molecule has 1 heterocycles. The monoisotopic (exact) mass is 162 g/mol. The predicted molar refractivity (Wildman–Crippen MR) is 33.0 cm³/mol. The molecule has 0 aliphatic carbocycles. The lowest BCUT2D eigenvalue weighted by Gasteiger charge is -1.86. The van der Waals surface area contributed by atoms with Crippen molar-refractivity contribution in [2.75, 3.05) is 0 Å². The second kappa shape index (κ2) is 2.06. The third kappa shape index (κ3) is 1.34. The van der Waals surface area contributed by atoms with Gasteiger partial charge in [-0.15, -0.1) is 0 Å². The minimum atomic E-state index is -4.11. The van der Waals surface area contributed by atoms with Crippen LogP contribution in [0.2, 0.25) is 0 Å². The van der Waals surface area contributed by atoms with Gasteiger partial charge in [-0.3, -0.25) is 9.23 Å². The second-order valence-corrected chi connectivity index (χ2v) is 3.17. The zero-order valence-corrected chi connectivity index (χ0v) is 6.04. The van der Waals surface area contributed by atoms with Gasteiger partial charge in [-0.2, -0.15) is 13.5 Å². The van der Waals surface area contributed by atoms with Crippen LogP contribution in [0.25, 0.3) is 0 Å². The standard InChI is InChI=1S/C4H6N2O3S/c1-6-3-2-4(5-6)10(7,8)9/h2-3H,1H3,(H,7,8,9). The summed E-state index contributed by atoms with van der Waals surface area (Å²) in [7, 11) is -2.55. The van der Waals surface area contributed by atoms with Gasteiger partial charge in [0.2, 0.25) is 5.03 Å². The average Bonchev–Trinajstić information content (AvgIpc) is 2.11. The Morgan fingerprint density at radius 1 is 1.70 bits per heavy atom. The van der Waals surface area contributed by atoms with Gasteiger partial charge in [0.1, 0.15) is 0 Å². The molecule has 0 amide bonds. The molecule has 0 fully saturated rings. The number of hydrogen-bond acceptors (Lipinski definition) is 3. The van der Waals surface area contributed by atoms with Crippen LogP contribution in [0.3, 0.4) is 0 Å². The van der Waals surface area contributed by atoms with E-state index in [1.165, 1.54) is 16.9 Å². The fraction of sp³-hybridized carbons (Fsp3) is 0.250. The van der Waals surface area contributed by atoms with E-state index in [0.29, 0.717) is 0 Å². The quantitative estimate of drug-likeness (QED) is 0.574. The first-order valence-electron chi connectivity index (χ1n) is 2.47. The summed E-state index contributed by atoms with van der Waals surface area (Å²) in [6, 6.07) is 1.22. The van der Waals surface area contributed by atoms with Crippen LogP contribution in [-0.2, 0) is 17.2 Å². The molecular weight excluding hydrogens is 156 g/mol. The van der Waals surface area contributed by atoms with Crippen molar-refractivity contribution in [3.8, 4) is 0 Å². The maximum atomic E-state index is 10.3. The molecule has 0 unspecified atom stereocenters. The van der Waals surface area contributed by atoms with Crippen molar-refractivity contribution < 1.29 is 13.0 Å². The zero-order valence-electron chi connectivity index (χ0n) is 5.22. The lowest BCUT2D eigenvalue weighted by atomic mass is 10.7. The molecule has 0 aromatic carbocycles. The Labute approximate surface area is 58.0 Å². The molecule has 1 aromatic heterocycles. The molecule has 1 rings (SSSR count). The van der Waals surface area contributed by atoms with Crippen LogP contribution in [0.4, 0.5) is 0 Å². The Hall–Kier alpha value is -0.880. The SMILES string of the molecule is Cn1ccc(S(=O)(=O)O)n1. The van der Waals surface area contributed by atoms with E-state index in [1.807, 2.05) is 0 Å². The lowest BCUT2D eigenvalue weighted by molar-refractivity contribution is 0.477. The molecule has 10 heavy (non-hydrogen) atoms. The van der Waals surface area contributed by atoms with E-state index in [2.05, 4.69) is 5.10 Å². The molecule has 0 aliphatic heterocycles. The summed E-state index contributed by atoms with van der Waals surface area (Å²) in [6.45, 7) is 0. The highest BCUT2D eigenvalue weighted by Gasteiger charge is 2.11. The van der Waals surface area contributed by atoms with Crippen LogP contribution in [0.1, 0.15) is 0 Å². The first kappa shape index (κ1) is 7.23. The minimum absolute atomic E-state index is 0.324. The molecule has 0 radical (unpaired) electrons. The van der Waals surface area contributed by atoms with Gasteiger partial charge in [-0.05, 0) is 6.07 Å². The first-order chi connectivity index (χ1) is 4.50. The fourth-order valence-electron chi connectivity index (χ4n) is 0.531. The van der Waals surface area contributed by atoms with Crippen molar-refractivity contribution in [3.05, 3.63) is 12.3 Å². The van der Waals surface area contributed by atoms with Gasteiger partial charge < -0.3 is 0 Å². The number of aryl methyl sites for hydroxylation is 1. The maximum Gasteiger partial charge on any atom is 0.313 e. The molecule has 1 aromatic rings. The summed E-state index contributed by atoms with van der Waals surface area (Å²) < 4.78 is 30.3. The fourth-order valence-corrected chi connectivity index (χ4v) is 0.996. The van der Waals surface area contributed by atoms with Crippen molar-refractivity contribution >= 4 is 10.1 Å². The molecule has 0 aliphatic rings. The third-order valence-electron chi connectivity index (χ3n) is 0.953. The van der Waals surface area contributed by atoms with E-state index in [-0.39, 0.29) is 5.03 Å². The Balaban J connectivity index is 3.21. The van der Waals surface area contributed by atoms with E-state index in [9.17, 15) is 8.42 Å². The number of hydrogen-bond donors (Lipinski definition) is 1. The highest BCUT2D eigenvalue weighted by Crippen LogP contribution is 2.01. The molecule has 0 saturated heterocycles. The van der Waals surface area contributed by atoms with Gasteiger partial charge in [-0.25, -0.2) is 0 Å². The number of nitrogens with zero attached hydrogens (tertiary/aromatic N) is 2. The first-order valence-corrected chi connectivity index (χ1v) is 3.91. The lowest BCUT2D eigenvalue weighted by Crippen LogP contribution is -1.99. The van der Waals surface area contributed by atoms with Gasteiger partial charge in [0.25, 0.3) is 0 Å². The number of aromatic nitrogens is 2. The predicted octanol–water partition coefficient (Wildman–Crippen LogP) is -0.333. The van der Waals surface area contributed by atoms with E-state index in [1.54, 1.807) is 7.05 Å². The van der Waals surface area contributed by atoms with Crippen LogP contribution >= 0.6 is 0 Å². The molecule has 0 bridgehead atoms. The van der Waals surface area contributed by atoms with Crippen LogP contribution in [0, 0.1) is 0 Å². The Morgan fingerprint density at radius 3 is 2.50 bits per heavy atom. The van der Waals surface area contributed by atoms with Crippen molar-refractivity contribution in [2.45, 2.75) is 5.03 Å². The molecular formula is C4H6N2O3S.